The van der Waals surface area contributed by atoms with Crippen molar-refractivity contribution in [3.05, 3.63) is 53.4 Å². The number of ether oxygens (including phenoxy) is 1. The number of aliphatic hydroxyl groups excluding tert-OH is 1. The topological polar surface area (TPSA) is 84.6 Å². The number of aliphatic hydroxyl groups is 1. The predicted molar refractivity (Wildman–Crippen MR) is 75.7 cm³/mol. The van der Waals surface area contributed by atoms with E-state index in [1.807, 2.05) is 30.3 Å². The van der Waals surface area contributed by atoms with E-state index in [1.54, 1.807) is 0 Å². The van der Waals surface area contributed by atoms with E-state index in [1.165, 1.54) is 13.2 Å². The van der Waals surface area contributed by atoms with Gasteiger partial charge in [-0.05, 0) is 12.0 Å². The molecule has 0 saturated heterocycles. The Morgan fingerprint density at radius 1 is 1.43 bits per heavy atom. The van der Waals surface area contributed by atoms with Gasteiger partial charge in [0.05, 0.1) is 12.6 Å². The normalized spacial score (nSPS) is 12.1. The minimum absolute atomic E-state index is 0.149. The van der Waals surface area contributed by atoms with Crippen molar-refractivity contribution in [3.63, 3.8) is 0 Å². The highest BCUT2D eigenvalue weighted by atomic mass is 16.5. The van der Waals surface area contributed by atoms with Gasteiger partial charge in [0.15, 0.2) is 11.5 Å². The first-order valence-corrected chi connectivity index (χ1v) is 6.63. The molecule has 0 fully saturated rings. The molecule has 21 heavy (non-hydrogen) atoms. The monoisotopic (exact) mass is 290 g/mol. The van der Waals surface area contributed by atoms with Gasteiger partial charge in [-0.15, -0.1) is 0 Å². The van der Waals surface area contributed by atoms with Crippen LogP contribution in [0.3, 0.4) is 0 Å². The third kappa shape index (κ3) is 4.40. The summed E-state index contributed by atoms with van der Waals surface area (Å²) in [4.78, 5) is 12.0. The molecule has 1 heterocycles. The minimum atomic E-state index is -0.379. The average molecular weight is 290 g/mol. The number of aromatic nitrogens is 1. The molecule has 1 amide bonds. The van der Waals surface area contributed by atoms with Gasteiger partial charge in [0.2, 0.25) is 0 Å². The van der Waals surface area contributed by atoms with E-state index in [-0.39, 0.29) is 30.9 Å². The Hall–Kier alpha value is -2.18. The molecule has 1 aromatic carbocycles. The van der Waals surface area contributed by atoms with Crippen molar-refractivity contribution in [1.82, 2.24) is 10.5 Å². The summed E-state index contributed by atoms with van der Waals surface area (Å²) in [6.07, 6.45) is 0.547. The van der Waals surface area contributed by atoms with Crippen LogP contribution in [0.1, 0.15) is 21.8 Å². The molecule has 0 spiro atoms. The Balaban J connectivity index is 1.95. The molecule has 0 radical (unpaired) electrons. The Kier molecular flexibility index (Phi) is 5.48. The minimum Gasteiger partial charge on any atom is -0.394 e. The summed E-state index contributed by atoms with van der Waals surface area (Å²) in [5.41, 5.74) is 1.21. The molecule has 0 saturated carbocycles. The zero-order chi connectivity index (χ0) is 15.1. The molecule has 6 heteroatoms. The first-order chi connectivity index (χ1) is 10.2. The molecule has 0 aliphatic rings. The molecule has 1 unspecified atom stereocenters. The van der Waals surface area contributed by atoms with Gasteiger partial charge < -0.3 is 19.7 Å². The number of benzene rings is 1. The largest absolute Gasteiger partial charge is 0.394 e. The highest BCUT2D eigenvalue weighted by Crippen LogP contribution is 2.07. The summed E-state index contributed by atoms with van der Waals surface area (Å²) >= 11 is 0. The summed E-state index contributed by atoms with van der Waals surface area (Å²) in [5.74, 6) is 0.0994. The lowest BCUT2D eigenvalue weighted by Crippen LogP contribution is -2.39. The smallest absolute Gasteiger partial charge is 0.273 e. The maximum atomic E-state index is 12.0. The van der Waals surface area contributed by atoms with E-state index >= 15 is 0 Å². The average Bonchev–Trinajstić information content (AvgIpc) is 2.97. The Bertz CT molecular complexity index is 568. The maximum Gasteiger partial charge on any atom is 0.273 e. The first kappa shape index (κ1) is 15.2. The molecule has 2 rings (SSSR count). The SMILES string of the molecule is COCc1cc(C(=O)NC(CO)Cc2ccccc2)no1. The van der Waals surface area contributed by atoms with E-state index in [2.05, 4.69) is 10.5 Å². The molecule has 2 aromatic rings. The second-order valence-electron chi connectivity index (χ2n) is 4.65. The lowest BCUT2D eigenvalue weighted by molar-refractivity contribution is 0.0906. The van der Waals surface area contributed by atoms with Crippen molar-refractivity contribution in [2.75, 3.05) is 13.7 Å². The van der Waals surface area contributed by atoms with Crippen LogP contribution in [0.2, 0.25) is 0 Å². The van der Waals surface area contributed by atoms with Crippen molar-refractivity contribution < 1.29 is 19.2 Å². The molecule has 0 aliphatic carbocycles. The fourth-order valence-corrected chi connectivity index (χ4v) is 1.95. The molecule has 0 aliphatic heterocycles. The van der Waals surface area contributed by atoms with Gasteiger partial charge in [0, 0.05) is 13.2 Å². The van der Waals surface area contributed by atoms with Gasteiger partial charge in [-0.2, -0.15) is 0 Å². The summed E-state index contributed by atoms with van der Waals surface area (Å²) in [5, 5.41) is 15.8. The fraction of sp³-hybridized carbons (Fsp3) is 0.333. The van der Waals surface area contributed by atoms with Crippen LogP contribution in [0.5, 0.6) is 0 Å². The standard InChI is InChI=1S/C15H18N2O4/c1-20-10-13-8-14(17-21-13)15(19)16-12(9-18)7-11-5-3-2-4-6-11/h2-6,8,12,18H,7,9-10H2,1H3,(H,16,19). The van der Waals surface area contributed by atoms with Gasteiger partial charge in [-0.25, -0.2) is 0 Å². The fourth-order valence-electron chi connectivity index (χ4n) is 1.95. The van der Waals surface area contributed by atoms with Crippen molar-refractivity contribution in [2.24, 2.45) is 0 Å². The number of nitrogens with one attached hydrogen (secondary N) is 1. The van der Waals surface area contributed by atoms with Crippen molar-refractivity contribution in [2.45, 2.75) is 19.1 Å². The van der Waals surface area contributed by atoms with E-state index < -0.39 is 0 Å². The third-order valence-electron chi connectivity index (χ3n) is 2.96. The molecule has 1 aromatic heterocycles. The molecule has 2 N–H and O–H groups in total. The second-order valence-corrected chi connectivity index (χ2v) is 4.65. The van der Waals surface area contributed by atoms with Gasteiger partial charge in [0.1, 0.15) is 6.61 Å². The molecule has 112 valence electrons. The van der Waals surface area contributed by atoms with E-state index in [4.69, 9.17) is 9.26 Å². The summed E-state index contributed by atoms with van der Waals surface area (Å²) < 4.78 is 9.86. The highest BCUT2D eigenvalue weighted by Gasteiger charge is 2.17. The first-order valence-electron chi connectivity index (χ1n) is 6.63. The van der Waals surface area contributed by atoms with Crippen LogP contribution >= 0.6 is 0 Å². The highest BCUT2D eigenvalue weighted by molar-refractivity contribution is 5.92. The Labute approximate surface area is 122 Å². The predicted octanol–water partition coefficient (Wildman–Crippen LogP) is 1.15. The van der Waals surface area contributed by atoms with Crippen molar-refractivity contribution >= 4 is 5.91 Å². The van der Waals surface area contributed by atoms with Crippen LogP contribution in [0.25, 0.3) is 0 Å². The van der Waals surface area contributed by atoms with Crippen molar-refractivity contribution in [1.29, 1.82) is 0 Å². The van der Waals surface area contributed by atoms with Gasteiger partial charge in [-0.3, -0.25) is 4.79 Å². The van der Waals surface area contributed by atoms with E-state index in [9.17, 15) is 9.90 Å². The zero-order valence-electron chi connectivity index (χ0n) is 11.8. The number of hydrogen-bond acceptors (Lipinski definition) is 5. The van der Waals surface area contributed by atoms with Crippen LogP contribution in [0.15, 0.2) is 40.9 Å². The van der Waals surface area contributed by atoms with Crippen LogP contribution in [0, 0.1) is 0 Å². The molecular formula is C15H18N2O4. The number of amides is 1. The van der Waals surface area contributed by atoms with Crippen LogP contribution in [0.4, 0.5) is 0 Å². The van der Waals surface area contributed by atoms with Crippen molar-refractivity contribution in [3.8, 4) is 0 Å². The Morgan fingerprint density at radius 3 is 2.86 bits per heavy atom. The quantitative estimate of drug-likeness (QED) is 0.799. The second kappa shape index (κ2) is 7.56. The van der Waals surface area contributed by atoms with Gasteiger partial charge >= 0.3 is 0 Å². The van der Waals surface area contributed by atoms with E-state index in [0.717, 1.165) is 5.56 Å². The van der Waals surface area contributed by atoms with E-state index in [0.29, 0.717) is 12.2 Å². The number of carbonyl (C=O) groups is 1. The summed E-state index contributed by atoms with van der Waals surface area (Å²) in [7, 11) is 1.53. The molecule has 6 nitrogen and oxygen atoms in total. The third-order valence-corrected chi connectivity index (χ3v) is 2.96. The van der Waals surface area contributed by atoms with Crippen LogP contribution in [-0.4, -0.2) is 35.9 Å². The number of hydrogen-bond donors (Lipinski definition) is 2. The van der Waals surface area contributed by atoms with Crippen LogP contribution < -0.4 is 5.32 Å². The molecular weight excluding hydrogens is 272 g/mol. The number of rotatable bonds is 7. The number of carbonyl (C=O) groups excluding carboxylic acids is 1. The van der Waals surface area contributed by atoms with Gasteiger partial charge in [0.25, 0.3) is 5.91 Å². The lowest BCUT2D eigenvalue weighted by Gasteiger charge is -2.15. The number of nitrogens with zero attached hydrogens (tertiary/aromatic N) is 1. The lowest BCUT2D eigenvalue weighted by atomic mass is 10.1. The van der Waals surface area contributed by atoms with Gasteiger partial charge in [-0.1, -0.05) is 35.5 Å². The zero-order valence-corrected chi connectivity index (χ0v) is 11.8. The summed E-state index contributed by atoms with van der Waals surface area (Å²) in [6.45, 7) is 0.108. The molecule has 1 atom stereocenters. The molecule has 0 bridgehead atoms. The summed E-state index contributed by atoms with van der Waals surface area (Å²) in [6, 6.07) is 10.8. The maximum absolute atomic E-state index is 12.0. The van der Waals surface area contributed by atoms with Crippen LogP contribution in [-0.2, 0) is 17.8 Å². The number of methoxy groups -OCH3 is 1. The Morgan fingerprint density at radius 2 is 2.19 bits per heavy atom.